The molecule has 1 amide bonds. The van der Waals surface area contributed by atoms with E-state index in [-0.39, 0.29) is 11.9 Å². The van der Waals surface area contributed by atoms with Crippen molar-refractivity contribution in [2.75, 3.05) is 20.7 Å². The largest absolute Gasteiger partial charge is 0.497 e. The number of hydrazone groups is 1. The summed E-state index contributed by atoms with van der Waals surface area (Å²) in [4.78, 5) is 15.5. The Bertz CT molecular complexity index is 1160. The number of amides is 1. The zero-order chi connectivity index (χ0) is 23.4. The smallest absolute Gasteiger partial charge is 0.257 e. The monoisotopic (exact) mass is 441 g/mol. The predicted octanol–water partition coefficient (Wildman–Crippen LogP) is 5.12. The number of hydrogen-bond acceptors (Lipinski definition) is 4. The second kappa shape index (κ2) is 10.0. The lowest BCUT2D eigenvalue weighted by Gasteiger charge is -2.25. The highest BCUT2D eigenvalue weighted by molar-refractivity contribution is 6.04. The van der Waals surface area contributed by atoms with E-state index in [1.807, 2.05) is 54.4 Å². The minimum absolute atomic E-state index is 0.0129. The molecule has 1 aliphatic rings. The van der Waals surface area contributed by atoms with Crippen molar-refractivity contribution >= 4 is 11.6 Å². The van der Waals surface area contributed by atoms with Crippen molar-refractivity contribution < 1.29 is 9.53 Å². The molecule has 0 aromatic heterocycles. The molecule has 4 rings (SSSR count). The molecular weight excluding hydrogens is 410 g/mol. The van der Waals surface area contributed by atoms with Crippen LogP contribution >= 0.6 is 0 Å². The molecule has 1 unspecified atom stereocenters. The Morgan fingerprint density at radius 2 is 1.85 bits per heavy atom. The standard InChI is InChI=1S/C28H31N3O2/c1-20-13-14-25(21(2)15-20)26-17-27(23-11-8-12-24(16-23)33-4)31(29-26)28(32)19-30(3)18-22-9-6-5-7-10-22/h5-16,27H,17-19H2,1-4H3. The Morgan fingerprint density at radius 3 is 2.58 bits per heavy atom. The number of methoxy groups -OCH3 is 1. The Hall–Kier alpha value is -3.44. The summed E-state index contributed by atoms with van der Waals surface area (Å²) in [6.07, 6.45) is 0.672. The maximum absolute atomic E-state index is 13.4. The van der Waals surface area contributed by atoms with Gasteiger partial charge in [0.2, 0.25) is 0 Å². The topological polar surface area (TPSA) is 45.1 Å². The summed E-state index contributed by atoms with van der Waals surface area (Å²) < 4.78 is 5.44. The number of hydrogen-bond donors (Lipinski definition) is 0. The molecule has 0 N–H and O–H groups in total. The van der Waals surface area contributed by atoms with Gasteiger partial charge in [0.05, 0.1) is 25.4 Å². The first-order valence-electron chi connectivity index (χ1n) is 11.3. The number of benzene rings is 3. The summed E-state index contributed by atoms with van der Waals surface area (Å²) in [7, 11) is 3.63. The van der Waals surface area contributed by atoms with Crippen LogP contribution in [-0.2, 0) is 11.3 Å². The Kier molecular flexibility index (Phi) is 6.90. The van der Waals surface area contributed by atoms with Crippen molar-refractivity contribution in [3.05, 3.63) is 101 Å². The van der Waals surface area contributed by atoms with Gasteiger partial charge in [-0.1, -0.05) is 66.2 Å². The van der Waals surface area contributed by atoms with Gasteiger partial charge in [-0.3, -0.25) is 9.69 Å². The second-order valence-electron chi connectivity index (χ2n) is 8.76. The third-order valence-corrected chi connectivity index (χ3v) is 6.04. The highest BCUT2D eigenvalue weighted by Gasteiger charge is 2.34. The summed E-state index contributed by atoms with van der Waals surface area (Å²) in [5.74, 6) is 0.766. The Labute approximate surface area is 196 Å². The number of likely N-dealkylation sites (N-methyl/N-ethyl adjacent to an activating group) is 1. The summed E-state index contributed by atoms with van der Waals surface area (Å²) >= 11 is 0. The zero-order valence-corrected chi connectivity index (χ0v) is 19.8. The van der Waals surface area contributed by atoms with Crippen LogP contribution in [-0.4, -0.2) is 42.2 Å². The normalized spacial score (nSPS) is 15.6. The number of nitrogens with zero attached hydrogens (tertiary/aromatic N) is 3. The molecule has 5 heteroatoms. The molecule has 33 heavy (non-hydrogen) atoms. The van der Waals surface area contributed by atoms with Crippen LogP contribution in [0.2, 0.25) is 0 Å². The van der Waals surface area contributed by atoms with E-state index in [2.05, 4.69) is 44.2 Å². The summed E-state index contributed by atoms with van der Waals surface area (Å²) in [6, 6.07) is 24.3. The van der Waals surface area contributed by atoms with Crippen LogP contribution in [0.4, 0.5) is 0 Å². The van der Waals surface area contributed by atoms with Crippen molar-refractivity contribution in [3.63, 3.8) is 0 Å². The van der Waals surface area contributed by atoms with Crippen LogP contribution in [0.3, 0.4) is 0 Å². The highest BCUT2D eigenvalue weighted by Crippen LogP contribution is 2.35. The van der Waals surface area contributed by atoms with Gasteiger partial charge < -0.3 is 4.74 Å². The van der Waals surface area contributed by atoms with Crippen molar-refractivity contribution in [1.82, 2.24) is 9.91 Å². The third kappa shape index (κ3) is 5.32. The van der Waals surface area contributed by atoms with E-state index in [1.165, 1.54) is 16.7 Å². The highest BCUT2D eigenvalue weighted by atomic mass is 16.5. The number of carbonyl (C=O) groups is 1. The molecule has 5 nitrogen and oxygen atoms in total. The van der Waals surface area contributed by atoms with Gasteiger partial charge in [0.1, 0.15) is 5.75 Å². The Balaban J connectivity index is 1.61. The average Bonchev–Trinajstić information content (AvgIpc) is 3.25. The van der Waals surface area contributed by atoms with Crippen molar-refractivity contribution in [2.45, 2.75) is 32.9 Å². The van der Waals surface area contributed by atoms with Gasteiger partial charge in [0, 0.05) is 18.5 Å². The van der Waals surface area contributed by atoms with Crippen molar-refractivity contribution in [1.29, 1.82) is 0 Å². The van der Waals surface area contributed by atoms with Crippen molar-refractivity contribution in [2.24, 2.45) is 5.10 Å². The molecule has 0 aliphatic carbocycles. The van der Waals surface area contributed by atoms with Crippen LogP contribution < -0.4 is 4.74 Å². The van der Waals surface area contributed by atoms with Gasteiger partial charge in [0.25, 0.3) is 5.91 Å². The summed E-state index contributed by atoms with van der Waals surface area (Å²) in [5.41, 5.74) is 6.64. The first-order valence-corrected chi connectivity index (χ1v) is 11.3. The molecule has 170 valence electrons. The van der Waals surface area contributed by atoms with Gasteiger partial charge in [-0.2, -0.15) is 5.10 Å². The van der Waals surface area contributed by atoms with Gasteiger partial charge in [-0.25, -0.2) is 5.01 Å². The molecular formula is C28H31N3O2. The maximum atomic E-state index is 13.4. The van der Waals surface area contributed by atoms with E-state index in [4.69, 9.17) is 9.84 Å². The number of ether oxygens (including phenoxy) is 1. The van der Waals surface area contributed by atoms with E-state index in [9.17, 15) is 4.79 Å². The zero-order valence-electron chi connectivity index (χ0n) is 19.8. The third-order valence-electron chi connectivity index (χ3n) is 6.04. The van der Waals surface area contributed by atoms with E-state index in [0.29, 0.717) is 19.5 Å². The molecule has 3 aromatic carbocycles. The number of rotatable bonds is 7. The molecule has 0 spiro atoms. The lowest BCUT2D eigenvalue weighted by atomic mass is 9.95. The van der Waals surface area contributed by atoms with Gasteiger partial charge in [-0.15, -0.1) is 0 Å². The SMILES string of the molecule is COc1cccc(C2CC(c3ccc(C)cc3C)=NN2C(=O)CN(C)Cc2ccccc2)c1. The van der Waals surface area contributed by atoms with Gasteiger partial charge in [0.15, 0.2) is 0 Å². The molecule has 1 atom stereocenters. The number of carbonyl (C=O) groups excluding carboxylic acids is 1. The van der Waals surface area contributed by atoms with Gasteiger partial charge in [-0.05, 0) is 49.7 Å². The molecule has 0 bridgehead atoms. The van der Waals surface area contributed by atoms with E-state index in [1.54, 1.807) is 12.1 Å². The summed E-state index contributed by atoms with van der Waals surface area (Å²) in [5, 5.41) is 6.53. The van der Waals surface area contributed by atoms with Crippen LogP contribution in [0.15, 0.2) is 77.9 Å². The number of aryl methyl sites for hydroxylation is 2. The average molecular weight is 442 g/mol. The van der Waals surface area contributed by atoms with Crippen molar-refractivity contribution in [3.8, 4) is 5.75 Å². The minimum atomic E-state index is -0.159. The first kappa shape index (κ1) is 22.7. The van der Waals surface area contributed by atoms with E-state index >= 15 is 0 Å². The molecule has 1 heterocycles. The second-order valence-corrected chi connectivity index (χ2v) is 8.76. The molecule has 0 saturated heterocycles. The Morgan fingerprint density at radius 1 is 1.06 bits per heavy atom. The van der Waals surface area contributed by atoms with Crippen LogP contribution in [0, 0.1) is 13.8 Å². The fourth-order valence-corrected chi connectivity index (χ4v) is 4.40. The fraction of sp³-hybridized carbons (Fsp3) is 0.286. The van der Waals surface area contributed by atoms with E-state index in [0.717, 1.165) is 22.6 Å². The maximum Gasteiger partial charge on any atom is 0.257 e. The quantitative estimate of drug-likeness (QED) is 0.511. The fourth-order valence-electron chi connectivity index (χ4n) is 4.40. The summed E-state index contributed by atoms with van der Waals surface area (Å²) in [6.45, 7) is 5.19. The van der Waals surface area contributed by atoms with Crippen LogP contribution in [0.1, 0.15) is 40.3 Å². The van der Waals surface area contributed by atoms with Crippen LogP contribution in [0.5, 0.6) is 5.75 Å². The molecule has 3 aromatic rings. The molecule has 0 fully saturated rings. The van der Waals surface area contributed by atoms with E-state index < -0.39 is 0 Å². The predicted molar refractivity (Wildman–Crippen MR) is 132 cm³/mol. The molecule has 1 aliphatic heterocycles. The molecule has 0 radical (unpaired) electrons. The lowest BCUT2D eigenvalue weighted by molar-refractivity contribution is -0.134. The molecule has 0 saturated carbocycles. The van der Waals surface area contributed by atoms with Crippen LogP contribution in [0.25, 0.3) is 0 Å². The first-order chi connectivity index (χ1) is 15.9. The minimum Gasteiger partial charge on any atom is -0.497 e. The van der Waals surface area contributed by atoms with Gasteiger partial charge >= 0.3 is 0 Å². The lowest BCUT2D eigenvalue weighted by Crippen LogP contribution is -2.36.